The first kappa shape index (κ1) is 16.4. The molecule has 1 aromatic carbocycles. The third kappa shape index (κ3) is 4.74. The number of aryl methyl sites for hydroxylation is 1. The molecule has 1 aromatic rings. The fourth-order valence-corrected chi connectivity index (χ4v) is 3.07. The maximum absolute atomic E-state index is 3.51. The third-order valence-corrected chi connectivity index (χ3v) is 4.73. The molecule has 1 heterocycles. The van der Waals surface area contributed by atoms with E-state index in [2.05, 4.69) is 63.0 Å². The Bertz CT molecular complexity index is 463. The van der Waals surface area contributed by atoms with E-state index in [1.807, 2.05) is 0 Å². The molecule has 0 bridgehead atoms. The Hall–Kier alpha value is -1.02. The van der Waals surface area contributed by atoms with E-state index in [1.54, 1.807) is 0 Å². The molecule has 0 spiro atoms. The van der Waals surface area contributed by atoms with Gasteiger partial charge in [0.25, 0.3) is 0 Å². The molecular weight excluding hydrogens is 256 g/mol. The summed E-state index contributed by atoms with van der Waals surface area (Å²) in [5.41, 5.74) is 4.73. The number of nitrogens with one attached hydrogen (secondary N) is 1. The summed E-state index contributed by atoms with van der Waals surface area (Å²) in [6.45, 7) is 14.8. The second-order valence-corrected chi connectivity index (χ2v) is 7.65. The van der Waals surface area contributed by atoms with E-state index in [-0.39, 0.29) is 0 Å². The van der Waals surface area contributed by atoms with Crippen LogP contribution in [0.5, 0.6) is 0 Å². The van der Waals surface area contributed by atoms with Crippen LogP contribution in [0.25, 0.3) is 0 Å². The van der Waals surface area contributed by atoms with Crippen LogP contribution in [-0.4, -0.2) is 19.1 Å². The van der Waals surface area contributed by atoms with Crippen LogP contribution in [-0.2, 0) is 6.54 Å². The molecule has 1 saturated heterocycles. The number of anilines is 1. The maximum Gasteiger partial charge on any atom is 0.0369 e. The first-order chi connectivity index (χ1) is 9.87. The molecule has 0 amide bonds. The molecule has 2 rings (SSSR count). The van der Waals surface area contributed by atoms with Crippen molar-refractivity contribution in [3.8, 4) is 0 Å². The van der Waals surface area contributed by atoms with Crippen molar-refractivity contribution >= 4 is 5.69 Å². The second kappa shape index (κ2) is 6.83. The fourth-order valence-electron chi connectivity index (χ4n) is 3.07. The molecule has 1 N–H and O–H groups in total. The van der Waals surface area contributed by atoms with Gasteiger partial charge in [0.15, 0.2) is 0 Å². The lowest BCUT2D eigenvalue weighted by Crippen LogP contribution is -2.25. The lowest BCUT2D eigenvalue weighted by molar-refractivity contribution is 0.325. The topological polar surface area (TPSA) is 15.3 Å². The Labute approximate surface area is 130 Å². The van der Waals surface area contributed by atoms with E-state index in [1.165, 1.54) is 49.2 Å². The minimum Gasteiger partial charge on any atom is -0.372 e. The van der Waals surface area contributed by atoms with Crippen LogP contribution in [0.4, 0.5) is 5.69 Å². The molecule has 0 saturated carbocycles. The molecule has 0 unspecified atom stereocenters. The lowest BCUT2D eigenvalue weighted by Gasteiger charge is -2.25. The van der Waals surface area contributed by atoms with E-state index in [0.717, 1.165) is 6.54 Å². The van der Waals surface area contributed by atoms with Crippen molar-refractivity contribution in [2.24, 2.45) is 5.41 Å². The van der Waals surface area contributed by atoms with Crippen LogP contribution < -0.4 is 10.2 Å². The van der Waals surface area contributed by atoms with Gasteiger partial charge in [-0.15, -0.1) is 0 Å². The zero-order valence-electron chi connectivity index (χ0n) is 14.5. The zero-order chi connectivity index (χ0) is 15.5. The first-order valence-electron chi connectivity index (χ1n) is 8.45. The van der Waals surface area contributed by atoms with E-state index < -0.39 is 0 Å². The van der Waals surface area contributed by atoms with Gasteiger partial charge in [-0.1, -0.05) is 33.8 Å². The monoisotopic (exact) mass is 288 g/mol. The van der Waals surface area contributed by atoms with Crippen molar-refractivity contribution in [2.75, 3.05) is 18.0 Å². The molecule has 118 valence electrons. The van der Waals surface area contributed by atoms with Gasteiger partial charge in [0, 0.05) is 31.4 Å². The summed E-state index contributed by atoms with van der Waals surface area (Å²) in [4.78, 5) is 2.57. The van der Waals surface area contributed by atoms with Gasteiger partial charge in [-0.25, -0.2) is 0 Å². The minimum atomic E-state index is 0.505. The SMILES string of the molecule is Cc1cc(N2CCCC(C)(C)CC2)ccc1CNC(C)C. The largest absolute Gasteiger partial charge is 0.372 e. The van der Waals surface area contributed by atoms with Gasteiger partial charge in [0.1, 0.15) is 0 Å². The highest BCUT2D eigenvalue weighted by atomic mass is 15.1. The average Bonchev–Trinajstić information content (AvgIpc) is 2.58. The molecule has 1 aliphatic rings. The zero-order valence-corrected chi connectivity index (χ0v) is 14.5. The smallest absolute Gasteiger partial charge is 0.0369 e. The summed E-state index contributed by atoms with van der Waals surface area (Å²) in [6.07, 6.45) is 3.95. The van der Waals surface area contributed by atoms with Crippen molar-refractivity contribution in [3.05, 3.63) is 29.3 Å². The van der Waals surface area contributed by atoms with Crippen molar-refractivity contribution < 1.29 is 0 Å². The van der Waals surface area contributed by atoms with E-state index in [9.17, 15) is 0 Å². The highest BCUT2D eigenvalue weighted by Crippen LogP contribution is 2.32. The van der Waals surface area contributed by atoms with Crippen LogP contribution in [0, 0.1) is 12.3 Å². The van der Waals surface area contributed by atoms with Crippen LogP contribution in [0.1, 0.15) is 58.1 Å². The number of nitrogens with zero attached hydrogens (tertiary/aromatic N) is 1. The van der Waals surface area contributed by atoms with E-state index in [4.69, 9.17) is 0 Å². The van der Waals surface area contributed by atoms with Crippen molar-refractivity contribution in [3.63, 3.8) is 0 Å². The predicted octanol–water partition coefficient (Wildman–Crippen LogP) is 4.51. The minimum absolute atomic E-state index is 0.505. The second-order valence-electron chi connectivity index (χ2n) is 7.65. The molecule has 0 atom stereocenters. The van der Waals surface area contributed by atoms with Gasteiger partial charge in [-0.05, 0) is 54.9 Å². The standard InChI is InChI=1S/C19H32N2/c1-15(2)20-14-17-7-8-18(13-16(17)3)21-11-6-9-19(4,5)10-12-21/h7-8,13,15,20H,6,9-12,14H2,1-5H3. The van der Waals surface area contributed by atoms with Crippen molar-refractivity contribution in [1.82, 2.24) is 5.32 Å². The van der Waals surface area contributed by atoms with Gasteiger partial charge in [-0.2, -0.15) is 0 Å². The highest BCUT2D eigenvalue weighted by molar-refractivity contribution is 5.51. The van der Waals surface area contributed by atoms with Gasteiger partial charge in [0.2, 0.25) is 0 Å². The number of hydrogen-bond donors (Lipinski definition) is 1. The Balaban J connectivity index is 2.05. The van der Waals surface area contributed by atoms with Gasteiger partial charge in [0.05, 0.1) is 0 Å². The molecule has 1 aliphatic heterocycles. The van der Waals surface area contributed by atoms with Crippen LogP contribution in [0.3, 0.4) is 0 Å². The molecule has 0 radical (unpaired) electrons. The predicted molar refractivity (Wildman–Crippen MR) is 93.0 cm³/mol. The highest BCUT2D eigenvalue weighted by Gasteiger charge is 2.23. The molecule has 1 fully saturated rings. The van der Waals surface area contributed by atoms with E-state index in [0.29, 0.717) is 11.5 Å². The van der Waals surface area contributed by atoms with Gasteiger partial charge in [-0.3, -0.25) is 0 Å². The molecule has 0 aliphatic carbocycles. The number of rotatable bonds is 4. The number of hydrogen-bond acceptors (Lipinski definition) is 2. The first-order valence-corrected chi connectivity index (χ1v) is 8.45. The molecular formula is C19H32N2. The Morgan fingerprint density at radius 1 is 1.19 bits per heavy atom. The summed E-state index contributed by atoms with van der Waals surface area (Å²) in [5, 5.41) is 3.51. The number of benzene rings is 1. The Morgan fingerprint density at radius 2 is 1.95 bits per heavy atom. The molecule has 2 heteroatoms. The van der Waals surface area contributed by atoms with Crippen LogP contribution >= 0.6 is 0 Å². The van der Waals surface area contributed by atoms with Gasteiger partial charge < -0.3 is 10.2 Å². The van der Waals surface area contributed by atoms with Crippen LogP contribution in [0.15, 0.2) is 18.2 Å². The quantitative estimate of drug-likeness (QED) is 0.877. The van der Waals surface area contributed by atoms with E-state index >= 15 is 0 Å². The Kier molecular flexibility index (Phi) is 5.32. The lowest BCUT2D eigenvalue weighted by atomic mass is 9.85. The summed E-state index contributed by atoms with van der Waals surface area (Å²) < 4.78 is 0. The maximum atomic E-state index is 3.51. The summed E-state index contributed by atoms with van der Waals surface area (Å²) in [5.74, 6) is 0. The summed E-state index contributed by atoms with van der Waals surface area (Å²) >= 11 is 0. The molecule has 0 aromatic heterocycles. The summed E-state index contributed by atoms with van der Waals surface area (Å²) in [6, 6.07) is 7.52. The fraction of sp³-hybridized carbons (Fsp3) is 0.684. The summed E-state index contributed by atoms with van der Waals surface area (Å²) in [7, 11) is 0. The molecule has 2 nitrogen and oxygen atoms in total. The van der Waals surface area contributed by atoms with Crippen LogP contribution in [0.2, 0.25) is 0 Å². The third-order valence-electron chi connectivity index (χ3n) is 4.73. The van der Waals surface area contributed by atoms with Gasteiger partial charge >= 0.3 is 0 Å². The van der Waals surface area contributed by atoms with Crippen molar-refractivity contribution in [2.45, 2.75) is 66.5 Å². The normalized spacial score (nSPS) is 18.9. The molecule has 21 heavy (non-hydrogen) atoms. The van der Waals surface area contributed by atoms with Crippen molar-refractivity contribution in [1.29, 1.82) is 0 Å². The Morgan fingerprint density at radius 3 is 2.62 bits per heavy atom. The average molecular weight is 288 g/mol.